The molecule has 2 aromatic rings. The first kappa shape index (κ1) is 19.6. The molecule has 0 N–H and O–H groups in total. The van der Waals surface area contributed by atoms with Gasteiger partial charge in [0.1, 0.15) is 5.70 Å². The third-order valence-corrected chi connectivity index (χ3v) is 4.81. The molecule has 1 aliphatic rings. The normalized spacial score (nSPS) is 15.3. The minimum Gasteiger partial charge on any atom is -0.466 e. The second-order valence-electron chi connectivity index (χ2n) is 6.67. The highest BCUT2D eigenvalue weighted by atomic mass is 16.5. The lowest BCUT2D eigenvalue weighted by Gasteiger charge is -2.31. The number of amides is 1. The highest BCUT2D eigenvalue weighted by Crippen LogP contribution is 2.22. The van der Waals surface area contributed by atoms with E-state index in [1.54, 1.807) is 36.2 Å². The number of hydrogen-bond acceptors (Lipinski definition) is 4. The molecule has 2 heterocycles. The van der Waals surface area contributed by atoms with Gasteiger partial charge < -0.3 is 9.64 Å². The Balaban J connectivity index is 1.85. The van der Waals surface area contributed by atoms with Gasteiger partial charge in [-0.1, -0.05) is 36.4 Å². The van der Waals surface area contributed by atoms with Gasteiger partial charge in [-0.3, -0.25) is 19.0 Å². The van der Waals surface area contributed by atoms with Crippen LogP contribution in [0, 0.1) is 5.92 Å². The molecule has 0 aliphatic carbocycles. The lowest BCUT2D eigenvalue weighted by Crippen LogP contribution is -2.42. The van der Waals surface area contributed by atoms with E-state index < -0.39 is 0 Å². The zero-order valence-electron chi connectivity index (χ0n) is 15.9. The molecule has 28 heavy (non-hydrogen) atoms. The predicted octanol–water partition coefficient (Wildman–Crippen LogP) is 2.65. The van der Waals surface area contributed by atoms with Gasteiger partial charge in [0, 0.05) is 25.4 Å². The monoisotopic (exact) mass is 380 g/mol. The molecule has 1 aromatic heterocycles. The van der Waals surface area contributed by atoms with Crippen LogP contribution in [0.25, 0.3) is 11.8 Å². The number of aromatic nitrogens is 1. The Labute approximate surface area is 164 Å². The number of rotatable bonds is 5. The molecule has 6 heteroatoms. The molecule has 6 nitrogen and oxygen atoms in total. The Morgan fingerprint density at radius 3 is 2.39 bits per heavy atom. The van der Waals surface area contributed by atoms with Crippen LogP contribution < -0.4 is 5.56 Å². The van der Waals surface area contributed by atoms with Crippen molar-refractivity contribution in [2.45, 2.75) is 19.8 Å². The Bertz CT molecular complexity index is 909. The number of ether oxygens (including phenoxy) is 1. The zero-order valence-corrected chi connectivity index (χ0v) is 15.9. The molecule has 0 spiro atoms. The van der Waals surface area contributed by atoms with Crippen LogP contribution in [-0.2, 0) is 14.3 Å². The molecule has 0 bridgehead atoms. The number of pyridine rings is 1. The van der Waals surface area contributed by atoms with Crippen LogP contribution in [0.2, 0.25) is 0 Å². The summed E-state index contributed by atoms with van der Waals surface area (Å²) in [6.45, 7) is 3.06. The Morgan fingerprint density at radius 1 is 1.07 bits per heavy atom. The molecule has 1 fully saturated rings. The van der Waals surface area contributed by atoms with Crippen molar-refractivity contribution in [3.63, 3.8) is 0 Å². The minimum absolute atomic E-state index is 0.176. The summed E-state index contributed by atoms with van der Waals surface area (Å²) < 4.78 is 6.46. The lowest BCUT2D eigenvalue weighted by molar-refractivity contribution is -0.150. The number of carbonyl (C=O) groups excluding carboxylic acids is 2. The van der Waals surface area contributed by atoms with Crippen LogP contribution in [0.4, 0.5) is 0 Å². The number of esters is 1. The maximum atomic E-state index is 13.2. The summed E-state index contributed by atoms with van der Waals surface area (Å²) in [4.78, 5) is 39.2. The van der Waals surface area contributed by atoms with Crippen LogP contribution in [-0.4, -0.2) is 41.0 Å². The van der Waals surface area contributed by atoms with Crippen molar-refractivity contribution < 1.29 is 14.3 Å². The molecule has 146 valence electrons. The Kier molecular flexibility index (Phi) is 6.42. The summed E-state index contributed by atoms with van der Waals surface area (Å²) in [5, 5.41) is 0. The van der Waals surface area contributed by atoms with Gasteiger partial charge >= 0.3 is 5.97 Å². The predicted molar refractivity (Wildman–Crippen MR) is 107 cm³/mol. The first-order valence-electron chi connectivity index (χ1n) is 9.51. The van der Waals surface area contributed by atoms with Crippen molar-refractivity contribution >= 4 is 23.6 Å². The fraction of sp³-hybridized carbons (Fsp3) is 0.318. The molecule has 1 amide bonds. The molecular weight excluding hydrogens is 356 g/mol. The van der Waals surface area contributed by atoms with Crippen molar-refractivity contribution in [3.8, 4) is 0 Å². The third-order valence-electron chi connectivity index (χ3n) is 4.81. The average Bonchev–Trinajstić information content (AvgIpc) is 2.73. The number of benzene rings is 1. The topological polar surface area (TPSA) is 68.6 Å². The minimum atomic E-state index is -0.264. The van der Waals surface area contributed by atoms with Crippen molar-refractivity contribution in [3.05, 3.63) is 70.6 Å². The van der Waals surface area contributed by atoms with E-state index in [0.717, 1.165) is 5.56 Å². The summed E-state index contributed by atoms with van der Waals surface area (Å²) in [7, 11) is 0. The van der Waals surface area contributed by atoms with Gasteiger partial charge in [0.25, 0.3) is 11.5 Å². The van der Waals surface area contributed by atoms with Crippen LogP contribution in [0.5, 0.6) is 0 Å². The van der Waals surface area contributed by atoms with E-state index >= 15 is 0 Å². The highest BCUT2D eigenvalue weighted by Gasteiger charge is 2.30. The van der Waals surface area contributed by atoms with Gasteiger partial charge in [-0.2, -0.15) is 0 Å². The van der Waals surface area contributed by atoms with Gasteiger partial charge in [-0.05, 0) is 37.5 Å². The molecular formula is C22H24N2O4. The third kappa shape index (κ3) is 4.57. The molecule has 0 saturated carbocycles. The molecule has 0 atom stereocenters. The Morgan fingerprint density at radius 2 is 1.75 bits per heavy atom. The van der Waals surface area contributed by atoms with E-state index in [0.29, 0.717) is 38.2 Å². The quantitative estimate of drug-likeness (QED) is 0.591. The number of hydrogen-bond donors (Lipinski definition) is 0. The summed E-state index contributed by atoms with van der Waals surface area (Å²) in [5.74, 6) is -0.599. The highest BCUT2D eigenvalue weighted by molar-refractivity contribution is 6.18. The van der Waals surface area contributed by atoms with Gasteiger partial charge in [-0.25, -0.2) is 0 Å². The largest absolute Gasteiger partial charge is 0.466 e. The van der Waals surface area contributed by atoms with Gasteiger partial charge in [0.05, 0.1) is 12.5 Å². The number of likely N-dealkylation sites (tertiary alicyclic amines) is 1. The van der Waals surface area contributed by atoms with E-state index in [1.165, 1.54) is 10.6 Å². The maximum Gasteiger partial charge on any atom is 0.309 e. The summed E-state index contributed by atoms with van der Waals surface area (Å²) in [6, 6.07) is 14.2. The molecule has 1 aromatic carbocycles. The van der Waals surface area contributed by atoms with Gasteiger partial charge in [0.2, 0.25) is 0 Å². The van der Waals surface area contributed by atoms with Crippen molar-refractivity contribution in [2.24, 2.45) is 5.92 Å². The average molecular weight is 380 g/mol. The summed E-state index contributed by atoms with van der Waals surface area (Å²) in [6.07, 6.45) is 4.45. The summed E-state index contributed by atoms with van der Waals surface area (Å²) >= 11 is 0. The molecule has 3 rings (SSSR count). The molecule has 1 saturated heterocycles. The van der Waals surface area contributed by atoms with Crippen molar-refractivity contribution in [1.29, 1.82) is 0 Å². The second-order valence-corrected chi connectivity index (χ2v) is 6.67. The number of nitrogens with zero attached hydrogens (tertiary/aromatic N) is 2. The fourth-order valence-corrected chi connectivity index (χ4v) is 3.31. The standard InChI is InChI=1S/C22H24N2O4/c1-2-28-22(27)18-11-14-23(15-12-18)21(26)19(16-17-8-4-3-5-9-17)24-13-7-6-10-20(24)25/h3-10,13,16,18H,2,11-12,14-15H2,1H3/b19-16+. The van der Waals surface area contributed by atoms with Crippen molar-refractivity contribution in [2.75, 3.05) is 19.7 Å². The first-order valence-corrected chi connectivity index (χ1v) is 9.51. The molecule has 0 unspecified atom stereocenters. The lowest BCUT2D eigenvalue weighted by atomic mass is 9.96. The fourth-order valence-electron chi connectivity index (χ4n) is 3.31. The molecule has 0 radical (unpaired) electrons. The number of piperidine rings is 1. The van der Waals surface area contributed by atoms with Crippen molar-refractivity contribution in [1.82, 2.24) is 9.47 Å². The Hall–Kier alpha value is -3.15. The SMILES string of the molecule is CCOC(=O)C1CCN(C(=O)/C(=C\c2ccccc2)n2ccccc2=O)CC1. The van der Waals surface area contributed by atoms with Crippen LogP contribution in [0.3, 0.4) is 0 Å². The van der Waals surface area contributed by atoms with Gasteiger partial charge in [0.15, 0.2) is 0 Å². The molecule has 1 aliphatic heterocycles. The van der Waals surface area contributed by atoms with E-state index in [-0.39, 0.29) is 23.4 Å². The van der Waals surface area contributed by atoms with E-state index in [2.05, 4.69) is 0 Å². The van der Waals surface area contributed by atoms with E-state index in [4.69, 9.17) is 4.74 Å². The van der Waals surface area contributed by atoms with E-state index in [9.17, 15) is 14.4 Å². The van der Waals surface area contributed by atoms with Crippen LogP contribution in [0.1, 0.15) is 25.3 Å². The van der Waals surface area contributed by atoms with Crippen LogP contribution >= 0.6 is 0 Å². The summed E-state index contributed by atoms with van der Waals surface area (Å²) in [5.41, 5.74) is 0.869. The second kappa shape index (κ2) is 9.17. The van der Waals surface area contributed by atoms with Crippen LogP contribution in [0.15, 0.2) is 59.5 Å². The first-order chi connectivity index (χ1) is 13.6. The number of carbonyl (C=O) groups is 2. The van der Waals surface area contributed by atoms with Gasteiger partial charge in [-0.15, -0.1) is 0 Å². The van der Waals surface area contributed by atoms with E-state index in [1.807, 2.05) is 30.3 Å². The maximum absolute atomic E-state index is 13.2. The zero-order chi connectivity index (χ0) is 19.9. The smallest absolute Gasteiger partial charge is 0.309 e.